The molecule has 0 bridgehead atoms. The molecule has 0 saturated carbocycles. The number of carbonyl (C=O) groups excluding carboxylic acids is 2. The van der Waals surface area contributed by atoms with E-state index in [1.807, 2.05) is 18.4 Å². The molecule has 1 aliphatic heterocycles. The molecule has 34 heavy (non-hydrogen) atoms. The van der Waals surface area contributed by atoms with E-state index in [1.165, 1.54) is 29.5 Å². The fourth-order valence-corrected chi connectivity index (χ4v) is 3.84. The number of aryl methyl sites for hydroxylation is 1. The van der Waals surface area contributed by atoms with Crippen LogP contribution in [0, 0.1) is 36.0 Å². The van der Waals surface area contributed by atoms with Gasteiger partial charge in [-0.3, -0.25) is 4.79 Å². The topological polar surface area (TPSA) is 61.8 Å². The van der Waals surface area contributed by atoms with Crippen molar-refractivity contribution in [2.24, 2.45) is 0 Å². The minimum absolute atomic E-state index is 0.0760. The second-order valence-corrected chi connectivity index (χ2v) is 8.09. The van der Waals surface area contributed by atoms with Gasteiger partial charge in [0.25, 0.3) is 0 Å². The number of hydrogen-bond donors (Lipinski definition) is 0. The van der Waals surface area contributed by atoms with Crippen LogP contribution in [-0.2, 0) is 4.79 Å². The third-order valence-electron chi connectivity index (χ3n) is 4.82. The van der Waals surface area contributed by atoms with Crippen molar-refractivity contribution < 1.29 is 45.8 Å². The number of ketones is 1. The maximum absolute atomic E-state index is 13.8. The van der Waals surface area contributed by atoms with Crippen molar-refractivity contribution >= 4 is 29.2 Å². The van der Waals surface area contributed by atoms with E-state index in [0.29, 0.717) is 0 Å². The molecule has 0 saturated heterocycles. The zero-order chi connectivity index (χ0) is 24.7. The van der Waals surface area contributed by atoms with Crippen molar-refractivity contribution in [2.45, 2.75) is 20.0 Å². The molecule has 0 fully saturated rings. The lowest BCUT2D eigenvalue weighted by Gasteiger charge is -2.15. The highest BCUT2D eigenvalue weighted by molar-refractivity contribution is 7.11. The van der Waals surface area contributed by atoms with Crippen LogP contribution in [0.3, 0.4) is 0 Å². The van der Waals surface area contributed by atoms with Crippen LogP contribution in [0.25, 0.3) is 6.08 Å². The molecule has 5 nitrogen and oxygen atoms in total. The summed E-state index contributed by atoms with van der Waals surface area (Å²) in [5.74, 6) is -14.3. The number of rotatable bonds is 5. The van der Waals surface area contributed by atoms with Crippen molar-refractivity contribution in [1.82, 2.24) is 0 Å². The molecule has 2 aromatic carbocycles. The molecule has 0 N–H and O–H groups in total. The van der Waals surface area contributed by atoms with Crippen molar-refractivity contribution in [3.8, 4) is 17.2 Å². The van der Waals surface area contributed by atoms with Crippen LogP contribution in [0.5, 0.6) is 17.2 Å². The minimum atomic E-state index is -2.35. The molecule has 176 valence electrons. The van der Waals surface area contributed by atoms with Crippen molar-refractivity contribution in [3.05, 3.63) is 80.5 Å². The number of fused-ring (bicyclic) bond motifs is 1. The highest BCUT2D eigenvalue weighted by Gasteiger charge is 2.31. The van der Waals surface area contributed by atoms with Gasteiger partial charge in [-0.1, -0.05) is 0 Å². The van der Waals surface area contributed by atoms with Gasteiger partial charge >= 0.3 is 5.97 Å². The van der Waals surface area contributed by atoms with Gasteiger partial charge in [0, 0.05) is 17.0 Å². The van der Waals surface area contributed by atoms with E-state index in [-0.39, 0.29) is 28.6 Å². The molecule has 0 spiro atoms. The Hall–Kier alpha value is -3.73. The van der Waals surface area contributed by atoms with Gasteiger partial charge in [0.1, 0.15) is 11.5 Å². The largest absolute Gasteiger partial charge is 0.473 e. The van der Waals surface area contributed by atoms with Gasteiger partial charge in [0.15, 0.2) is 17.6 Å². The van der Waals surface area contributed by atoms with E-state index in [9.17, 15) is 31.5 Å². The molecule has 3 aromatic rings. The van der Waals surface area contributed by atoms with Crippen LogP contribution >= 0.6 is 11.3 Å². The SMILES string of the molecule is Cc1ccsc1/C=C1\Oc2cc(OC(=O)C(C)Oc3c(F)c(F)c(F)c(F)c3F)ccc2C1=O. The van der Waals surface area contributed by atoms with Gasteiger partial charge in [-0.25, -0.2) is 18.0 Å². The predicted molar refractivity (Wildman–Crippen MR) is 110 cm³/mol. The number of halogens is 5. The molecular formula is C23H13F5O5S. The molecule has 4 rings (SSSR count). The number of hydrogen-bond acceptors (Lipinski definition) is 6. The van der Waals surface area contributed by atoms with E-state index < -0.39 is 46.9 Å². The first-order valence-corrected chi connectivity index (χ1v) is 10.5. The Morgan fingerprint density at radius 2 is 1.68 bits per heavy atom. The van der Waals surface area contributed by atoms with E-state index in [4.69, 9.17) is 9.47 Å². The number of thiophene rings is 1. The molecule has 1 unspecified atom stereocenters. The van der Waals surface area contributed by atoms with Gasteiger partial charge in [-0.15, -0.1) is 11.3 Å². The summed E-state index contributed by atoms with van der Waals surface area (Å²) in [7, 11) is 0. The molecular weight excluding hydrogens is 483 g/mol. The van der Waals surface area contributed by atoms with E-state index in [1.54, 1.807) is 6.08 Å². The van der Waals surface area contributed by atoms with Crippen molar-refractivity contribution in [2.75, 3.05) is 0 Å². The van der Waals surface area contributed by atoms with Gasteiger partial charge in [-0.2, -0.15) is 8.78 Å². The normalized spacial score (nSPS) is 14.7. The first-order chi connectivity index (χ1) is 16.1. The Morgan fingerprint density at radius 3 is 2.29 bits per heavy atom. The zero-order valence-corrected chi connectivity index (χ0v) is 18.2. The van der Waals surface area contributed by atoms with Crippen LogP contribution in [0.15, 0.2) is 35.4 Å². The molecule has 1 aromatic heterocycles. The van der Waals surface area contributed by atoms with Crippen LogP contribution in [0.2, 0.25) is 0 Å². The minimum Gasteiger partial charge on any atom is -0.473 e. The molecule has 11 heteroatoms. The van der Waals surface area contributed by atoms with Gasteiger partial charge in [-0.05, 0) is 43.0 Å². The third kappa shape index (κ3) is 4.14. The van der Waals surface area contributed by atoms with Crippen molar-refractivity contribution in [1.29, 1.82) is 0 Å². The lowest BCUT2D eigenvalue weighted by atomic mass is 10.1. The van der Waals surface area contributed by atoms with Crippen LogP contribution in [0.4, 0.5) is 22.0 Å². The summed E-state index contributed by atoms with van der Waals surface area (Å²) in [5.41, 5.74) is 1.19. The monoisotopic (exact) mass is 496 g/mol. The number of allylic oxidation sites excluding steroid dienone is 1. The maximum atomic E-state index is 13.8. The second-order valence-electron chi connectivity index (χ2n) is 7.15. The average Bonchev–Trinajstić information content (AvgIpc) is 3.36. The predicted octanol–water partition coefficient (Wildman–Crippen LogP) is 5.74. The van der Waals surface area contributed by atoms with Crippen molar-refractivity contribution in [3.63, 3.8) is 0 Å². The lowest BCUT2D eigenvalue weighted by Crippen LogP contribution is -2.29. The fraction of sp³-hybridized carbons (Fsp3) is 0.130. The van der Waals surface area contributed by atoms with E-state index in [2.05, 4.69) is 4.74 Å². The summed E-state index contributed by atoms with van der Waals surface area (Å²) in [6.07, 6.45) is -0.158. The van der Waals surface area contributed by atoms with Crippen LogP contribution in [-0.4, -0.2) is 17.9 Å². The highest BCUT2D eigenvalue weighted by Crippen LogP contribution is 2.36. The molecule has 0 amide bonds. The molecule has 0 radical (unpaired) electrons. The number of Topliss-reactive ketones (excluding diaryl/α,β-unsaturated/α-hetero) is 1. The smallest absolute Gasteiger partial charge is 0.352 e. The quantitative estimate of drug-likeness (QED) is 0.113. The summed E-state index contributed by atoms with van der Waals surface area (Å²) in [4.78, 5) is 25.7. The van der Waals surface area contributed by atoms with E-state index >= 15 is 0 Å². The Labute approximate surface area is 193 Å². The summed E-state index contributed by atoms with van der Waals surface area (Å²) >= 11 is 1.42. The fourth-order valence-electron chi connectivity index (χ4n) is 2.99. The highest BCUT2D eigenvalue weighted by atomic mass is 32.1. The maximum Gasteiger partial charge on any atom is 0.352 e. The number of esters is 1. The van der Waals surface area contributed by atoms with E-state index in [0.717, 1.165) is 17.4 Å². The number of benzene rings is 2. The Balaban J connectivity index is 1.50. The Bertz CT molecular complexity index is 1340. The van der Waals surface area contributed by atoms with Crippen LogP contribution < -0.4 is 14.2 Å². The molecule has 1 aliphatic rings. The first kappa shape index (κ1) is 23.4. The van der Waals surface area contributed by atoms with Crippen LogP contribution in [0.1, 0.15) is 27.7 Å². The standard InChI is InChI=1S/C23H13F5O5S/c1-9-5-6-34-15(9)8-14-21(29)12-4-3-11(7-13(12)33-14)32-23(30)10(2)31-22-19(27)17(25)16(24)18(26)20(22)28/h3-8,10H,1-2H3/b14-8-. The summed E-state index contributed by atoms with van der Waals surface area (Å²) < 4.78 is 82.7. The molecule has 0 aliphatic carbocycles. The molecule has 1 atom stereocenters. The van der Waals surface area contributed by atoms with Gasteiger partial charge < -0.3 is 14.2 Å². The second kappa shape index (κ2) is 8.90. The van der Waals surface area contributed by atoms with Gasteiger partial charge in [0.05, 0.1) is 5.56 Å². The lowest BCUT2D eigenvalue weighted by molar-refractivity contribution is -0.141. The molecule has 2 heterocycles. The number of ether oxygens (including phenoxy) is 3. The summed E-state index contributed by atoms with van der Waals surface area (Å²) in [6.45, 7) is 2.88. The number of carbonyl (C=O) groups is 2. The Kier molecular flexibility index (Phi) is 6.13. The third-order valence-corrected chi connectivity index (χ3v) is 5.79. The zero-order valence-electron chi connectivity index (χ0n) is 17.4. The first-order valence-electron chi connectivity index (χ1n) is 9.60. The Morgan fingerprint density at radius 1 is 1.03 bits per heavy atom. The summed E-state index contributed by atoms with van der Waals surface area (Å²) in [5, 5.41) is 1.86. The summed E-state index contributed by atoms with van der Waals surface area (Å²) in [6, 6.07) is 5.77. The van der Waals surface area contributed by atoms with Gasteiger partial charge in [0.2, 0.25) is 34.9 Å². The average molecular weight is 496 g/mol.